The van der Waals surface area contributed by atoms with E-state index in [1.165, 1.54) is 0 Å². The lowest BCUT2D eigenvalue weighted by Gasteiger charge is -2.13. The molecule has 0 aromatic heterocycles. The van der Waals surface area contributed by atoms with E-state index in [1.807, 2.05) is 0 Å². The first-order valence-electron chi connectivity index (χ1n) is 4.21. The number of rotatable bonds is 3. The van der Waals surface area contributed by atoms with Gasteiger partial charge in [0.05, 0.1) is 6.42 Å². The van der Waals surface area contributed by atoms with Crippen molar-refractivity contribution >= 4 is 17.6 Å². The van der Waals surface area contributed by atoms with E-state index < -0.39 is 11.7 Å². The number of amides is 2. The van der Waals surface area contributed by atoms with E-state index in [0.717, 1.165) is 12.8 Å². The number of Topliss-reactive ketones (excluding diaryl/α,β-unsaturated/α-hetero) is 1. The maximum absolute atomic E-state index is 11.3. The van der Waals surface area contributed by atoms with Crippen molar-refractivity contribution in [3.63, 3.8) is 0 Å². The van der Waals surface area contributed by atoms with Crippen molar-refractivity contribution in [2.45, 2.75) is 19.3 Å². The molecule has 2 amide bonds. The molecule has 1 aliphatic heterocycles. The van der Waals surface area contributed by atoms with Gasteiger partial charge >= 0.3 is 0 Å². The number of nitrogens with zero attached hydrogens (tertiary/aromatic N) is 1. The molecule has 13 heavy (non-hydrogen) atoms. The first-order chi connectivity index (χ1) is 6.11. The summed E-state index contributed by atoms with van der Waals surface area (Å²) in [6, 6.07) is 0. The molecule has 0 atom stereocenters. The summed E-state index contributed by atoms with van der Waals surface area (Å²) in [5, 5.41) is 0. The van der Waals surface area contributed by atoms with E-state index in [1.54, 1.807) is 4.90 Å². The van der Waals surface area contributed by atoms with Crippen LogP contribution in [-0.4, -0.2) is 35.6 Å². The Bertz CT molecular complexity index is 244. The highest BCUT2D eigenvalue weighted by Gasteiger charge is 2.22. The molecule has 0 saturated carbocycles. The van der Waals surface area contributed by atoms with Gasteiger partial charge in [0.1, 0.15) is 0 Å². The Balaban J connectivity index is 2.40. The monoisotopic (exact) mass is 184 g/mol. The van der Waals surface area contributed by atoms with Crippen molar-refractivity contribution < 1.29 is 14.4 Å². The Labute approximate surface area is 75.9 Å². The molecule has 2 N–H and O–H groups in total. The third-order valence-corrected chi connectivity index (χ3v) is 2.05. The number of nitrogens with two attached hydrogens (primary N) is 1. The molecule has 0 aliphatic carbocycles. The molecule has 1 rings (SSSR count). The number of carbonyl (C=O) groups excluding carboxylic acids is 3. The Kier molecular flexibility index (Phi) is 3.00. The van der Waals surface area contributed by atoms with E-state index in [2.05, 4.69) is 0 Å². The van der Waals surface area contributed by atoms with Gasteiger partial charge in [0, 0.05) is 13.1 Å². The molecule has 0 radical (unpaired) electrons. The number of carbonyl (C=O) groups is 3. The van der Waals surface area contributed by atoms with E-state index in [-0.39, 0.29) is 12.3 Å². The van der Waals surface area contributed by atoms with Gasteiger partial charge in [-0.3, -0.25) is 14.4 Å². The maximum atomic E-state index is 11.3. The average molecular weight is 184 g/mol. The largest absolute Gasteiger partial charge is 0.363 e. The van der Waals surface area contributed by atoms with Crippen molar-refractivity contribution in [2.75, 3.05) is 13.1 Å². The van der Waals surface area contributed by atoms with E-state index in [9.17, 15) is 14.4 Å². The van der Waals surface area contributed by atoms with Crippen LogP contribution < -0.4 is 5.73 Å². The molecule has 1 aliphatic rings. The van der Waals surface area contributed by atoms with E-state index in [4.69, 9.17) is 5.73 Å². The fourth-order valence-corrected chi connectivity index (χ4v) is 1.30. The zero-order valence-corrected chi connectivity index (χ0v) is 7.28. The molecule has 72 valence electrons. The highest BCUT2D eigenvalue weighted by Crippen LogP contribution is 2.08. The van der Waals surface area contributed by atoms with Crippen LogP contribution in [0.5, 0.6) is 0 Å². The third-order valence-electron chi connectivity index (χ3n) is 2.05. The van der Waals surface area contributed by atoms with Crippen LogP contribution >= 0.6 is 0 Å². The van der Waals surface area contributed by atoms with Crippen LogP contribution in [0, 0.1) is 0 Å². The summed E-state index contributed by atoms with van der Waals surface area (Å²) in [6.45, 7) is 1.37. The van der Waals surface area contributed by atoms with Crippen molar-refractivity contribution in [1.82, 2.24) is 4.90 Å². The quantitative estimate of drug-likeness (QED) is 0.453. The van der Waals surface area contributed by atoms with Gasteiger partial charge in [-0.05, 0) is 12.8 Å². The minimum Gasteiger partial charge on any atom is -0.363 e. The predicted molar refractivity (Wildman–Crippen MR) is 44.6 cm³/mol. The molecule has 1 heterocycles. The Morgan fingerprint density at radius 1 is 1.15 bits per heavy atom. The van der Waals surface area contributed by atoms with E-state index in [0.29, 0.717) is 13.1 Å². The molecule has 0 spiro atoms. The lowest BCUT2D eigenvalue weighted by atomic mass is 10.2. The van der Waals surface area contributed by atoms with Gasteiger partial charge < -0.3 is 10.6 Å². The van der Waals surface area contributed by atoms with Crippen LogP contribution in [0.25, 0.3) is 0 Å². The van der Waals surface area contributed by atoms with Gasteiger partial charge in [-0.2, -0.15) is 0 Å². The summed E-state index contributed by atoms with van der Waals surface area (Å²) < 4.78 is 0. The van der Waals surface area contributed by atoms with Crippen LogP contribution in [0.2, 0.25) is 0 Å². The lowest BCUT2D eigenvalue weighted by Crippen LogP contribution is -2.33. The van der Waals surface area contributed by atoms with Crippen molar-refractivity contribution in [1.29, 1.82) is 0 Å². The minimum absolute atomic E-state index is 0.290. The van der Waals surface area contributed by atoms with Crippen LogP contribution in [0.1, 0.15) is 19.3 Å². The summed E-state index contributed by atoms with van der Waals surface area (Å²) in [6.07, 6.45) is 1.56. The standard InChI is InChI=1S/C8H12N2O3/c9-8(13)6(11)5-7(12)10-3-1-2-4-10/h1-5H2,(H2,9,13). The van der Waals surface area contributed by atoms with E-state index >= 15 is 0 Å². The maximum Gasteiger partial charge on any atom is 0.285 e. The number of ketones is 1. The van der Waals surface area contributed by atoms with Crippen molar-refractivity contribution in [2.24, 2.45) is 5.73 Å². The molecular formula is C8H12N2O3. The molecular weight excluding hydrogens is 172 g/mol. The number of primary amides is 1. The minimum atomic E-state index is -1.03. The third kappa shape index (κ3) is 2.54. The zero-order valence-electron chi connectivity index (χ0n) is 7.28. The molecule has 0 aromatic carbocycles. The van der Waals surface area contributed by atoms with Gasteiger partial charge in [-0.25, -0.2) is 0 Å². The van der Waals surface area contributed by atoms with Crippen LogP contribution in [0.15, 0.2) is 0 Å². The predicted octanol–water partition coefficient (Wildman–Crippen LogP) is -0.947. The second kappa shape index (κ2) is 4.02. The molecule has 0 unspecified atom stereocenters. The first-order valence-corrected chi connectivity index (χ1v) is 4.21. The van der Waals surface area contributed by atoms with Gasteiger partial charge in [0.15, 0.2) is 0 Å². The number of likely N-dealkylation sites (tertiary alicyclic amines) is 1. The second-order valence-electron chi connectivity index (χ2n) is 3.05. The fraction of sp³-hybridized carbons (Fsp3) is 0.625. The normalized spacial score (nSPS) is 15.8. The fourth-order valence-electron chi connectivity index (χ4n) is 1.30. The Morgan fingerprint density at radius 2 is 1.69 bits per heavy atom. The summed E-state index contributed by atoms with van der Waals surface area (Å²) in [4.78, 5) is 34.0. The molecule has 1 fully saturated rings. The Morgan fingerprint density at radius 3 is 2.15 bits per heavy atom. The smallest absolute Gasteiger partial charge is 0.285 e. The second-order valence-corrected chi connectivity index (χ2v) is 3.05. The average Bonchev–Trinajstić information content (AvgIpc) is 2.55. The molecule has 5 heteroatoms. The van der Waals surface area contributed by atoms with Gasteiger partial charge in [-0.15, -0.1) is 0 Å². The highest BCUT2D eigenvalue weighted by atomic mass is 16.2. The van der Waals surface area contributed by atoms with Crippen LogP contribution in [0.3, 0.4) is 0 Å². The van der Waals surface area contributed by atoms with Crippen molar-refractivity contribution in [3.8, 4) is 0 Å². The van der Waals surface area contributed by atoms with Gasteiger partial charge in [0.25, 0.3) is 5.91 Å². The van der Waals surface area contributed by atoms with Crippen LogP contribution in [-0.2, 0) is 14.4 Å². The highest BCUT2D eigenvalue weighted by molar-refractivity contribution is 6.38. The van der Waals surface area contributed by atoms with Crippen molar-refractivity contribution in [3.05, 3.63) is 0 Å². The summed E-state index contributed by atoms with van der Waals surface area (Å²) >= 11 is 0. The topological polar surface area (TPSA) is 80.5 Å². The molecule has 0 bridgehead atoms. The van der Waals surface area contributed by atoms with Gasteiger partial charge in [-0.1, -0.05) is 0 Å². The summed E-state index contributed by atoms with van der Waals surface area (Å²) in [5.74, 6) is -2.13. The first kappa shape index (κ1) is 9.70. The summed E-state index contributed by atoms with van der Waals surface area (Å²) in [7, 11) is 0. The molecule has 5 nitrogen and oxygen atoms in total. The Hall–Kier alpha value is -1.39. The molecule has 1 saturated heterocycles. The van der Waals surface area contributed by atoms with Crippen LogP contribution in [0.4, 0.5) is 0 Å². The molecule has 0 aromatic rings. The summed E-state index contributed by atoms with van der Waals surface area (Å²) in [5.41, 5.74) is 4.72. The number of hydrogen-bond donors (Lipinski definition) is 1. The van der Waals surface area contributed by atoms with Gasteiger partial charge in [0.2, 0.25) is 11.7 Å². The lowest BCUT2D eigenvalue weighted by molar-refractivity contribution is -0.141. The zero-order chi connectivity index (χ0) is 9.84. The number of hydrogen-bond acceptors (Lipinski definition) is 3. The SMILES string of the molecule is NC(=O)C(=O)CC(=O)N1CCCC1.